The second-order valence-corrected chi connectivity index (χ2v) is 9.43. The van der Waals surface area contributed by atoms with Gasteiger partial charge in [-0.2, -0.15) is 0 Å². The van der Waals surface area contributed by atoms with Gasteiger partial charge < -0.3 is 15.4 Å². The Morgan fingerprint density at radius 1 is 1.06 bits per heavy atom. The molecule has 0 unspecified atom stereocenters. The molecule has 10 heteroatoms. The first kappa shape index (κ1) is 24.9. The van der Waals surface area contributed by atoms with Gasteiger partial charge in [0.2, 0.25) is 0 Å². The highest BCUT2D eigenvalue weighted by molar-refractivity contribution is 7.98. The zero-order valence-corrected chi connectivity index (χ0v) is 21.4. The van der Waals surface area contributed by atoms with Crippen molar-refractivity contribution >= 4 is 46.7 Å². The normalized spacial score (nSPS) is 10.7. The van der Waals surface area contributed by atoms with Crippen molar-refractivity contribution in [3.05, 3.63) is 93.7 Å². The summed E-state index contributed by atoms with van der Waals surface area (Å²) in [4.78, 5) is 12.5. The van der Waals surface area contributed by atoms with Gasteiger partial charge in [-0.3, -0.25) is 4.57 Å². The van der Waals surface area contributed by atoms with Gasteiger partial charge in [0.1, 0.15) is 5.75 Å². The topological polar surface area (TPSA) is 81.1 Å². The van der Waals surface area contributed by atoms with Crippen molar-refractivity contribution in [2.45, 2.75) is 24.4 Å². The van der Waals surface area contributed by atoms with Crippen LogP contribution in [-0.2, 0) is 12.3 Å². The largest absolute Gasteiger partial charge is 0.497 e. The van der Waals surface area contributed by atoms with E-state index in [0.717, 1.165) is 27.7 Å². The molecule has 0 spiro atoms. The molecule has 35 heavy (non-hydrogen) atoms. The van der Waals surface area contributed by atoms with Gasteiger partial charge in [-0.1, -0.05) is 64.8 Å². The average Bonchev–Trinajstić information content (AvgIpc) is 3.26. The highest BCUT2D eigenvalue weighted by Crippen LogP contribution is 2.27. The van der Waals surface area contributed by atoms with E-state index < -0.39 is 6.03 Å². The third kappa shape index (κ3) is 6.48. The molecule has 0 fully saturated rings. The molecule has 4 rings (SSSR count). The van der Waals surface area contributed by atoms with E-state index in [1.54, 1.807) is 37.1 Å². The Kier molecular flexibility index (Phi) is 8.17. The lowest BCUT2D eigenvalue weighted by atomic mass is 10.2. The van der Waals surface area contributed by atoms with Crippen LogP contribution in [0.15, 0.2) is 71.9 Å². The van der Waals surface area contributed by atoms with Gasteiger partial charge in [-0.25, -0.2) is 4.79 Å². The van der Waals surface area contributed by atoms with Gasteiger partial charge >= 0.3 is 6.03 Å². The van der Waals surface area contributed by atoms with E-state index in [9.17, 15) is 4.79 Å². The maximum absolute atomic E-state index is 12.5. The lowest BCUT2D eigenvalue weighted by Gasteiger charge is -2.12. The van der Waals surface area contributed by atoms with Crippen LogP contribution >= 0.6 is 35.0 Å². The first-order valence-electron chi connectivity index (χ1n) is 10.7. The SMILES string of the molecule is COc1cccc(CSc2nnc(CNC(=O)Nc3ccc(Cl)cc3Cl)n2-c2ccc(C)cc2)c1. The van der Waals surface area contributed by atoms with E-state index in [1.807, 2.05) is 60.0 Å². The van der Waals surface area contributed by atoms with Gasteiger partial charge in [0.05, 0.1) is 24.4 Å². The average molecular weight is 528 g/mol. The molecular formula is C25H23Cl2N5O2S. The fourth-order valence-corrected chi connectivity index (χ4v) is 4.66. The lowest BCUT2D eigenvalue weighted by Crippen LogP contribution is -2.29. The molecule has 0 radical (unpaired) electrons. The molecular weight excluding hydrogens is 505 g/mol. The van der Waals surface area contributed by atoms with Crippen molar-refractivity contribution in [1.82, 2.24) is 20.1 Å². The Morgan fingerprint density at radius 2 is 1.86 bits per heavy atom. The molecule has 0 saturated heterocycles. The number of halogens is 2. The number of aromatic nitrogens is 3. The number of nitrogens with one attached hydrogen (secondary N) is 2. The van der Waals surface area contributed by atoms with Crippen LogP contribution in [0, 0.1) is 6.92 Å². The van der Waals surface area contributed by atoms with Crippen molar-refractivity contribution in [3.8, 4) is 11.4 Å². The number of ether oxygens (including phenoxy) is 1. The molecule has 0 aliphatic heterocycles. The number of hydrogen-bond donors (Lipinski definition) is 2. The van der Waals surface area contributed by atoms with E-state index in [1.165, 1.54) is 0 Å². The molecule has 0 saturated carbocycles. The molecule has 0 bridgehead atoms. The van der Waals surface area contributed by atoms with Crippen molar-refractivity contribution in [1.29, 1.82) is 0 Å². The second kappa shape index (κ2) is 11.5. The minimum Gasteiger partial charge on any atom is -0.497 e. The highest BCUT2D eigenvalue weighted by Gasteiger charge is 2.16. The number of thioether (sulfide) groups is 1. The molecule has 4 aromatic rings. The minimum absolute atomic E-state index is 0.164. The smallest absolute Gasteiger partial charge is 0.319 e. The fourth-order valence-electron chi connectivity index (χ4n) is 3.29. The number of aryl methyl sites for hydroxylation is 1. The number of amides is 2. The number of methoxy groups -OCH3 is 1. The molecule has 2 amide bonds. The summed E-state index contributed by atoms with van der Waals surface area (Å²) >= 11 is 13.6. The van der Waals surface area contributed by atoms with Gasteiger partial charge in [-0.15, -0.1) is 10.2 Å². The summed E-state index contributed by atoms with van der Waals surface area (Å²) < 4.78 is 7.27. The summed E-state index contributed by atoms with van der Waals surface area (Å²) in [5.41, 5.74) is 3.62. The van der Waals surface area contributed by atoms with Crippen LogP contribution in [0.3, 0.4) is 0 Å². The monoisotopic (exact) mass is 527 g/mol. The van der Waals surface area contributed by atoms with Crippen molar-refractivity contribution < 1.29 is 9.53 Å². The van der Waals surface area contributed by atoms with E-state index in [-0.39, 0.29) is 6.54 Å². The Morgan fingerprint density at radius 3 is 2.60 bits per heavy atom. The molecule has 2 N–H and O–H groups in total. The third-order valence-corrected chi connectivity index (χ3v) is 6.63. The third-order valence-electron chi connectivity index (χ3n) is 5.08. The maximum Gasteiger partial charge on any atom is 0.319 e. The lowest BCUT2D eigenvalue weighted by molar-refractivity contribution is 0.251. The van der Waals surface area contributed by atoms with Gasteiger partial charge in [-0.05, 0) is 55.0 Å². The van der Waals surface area contributed by atoms with Gasteiger partial charge in [0.15, 0.2) is 11.0 Å². The first-order chi connectivity index (χ1) is 16.9. The van der Waals surface area contributed by atoms with Gasteiger partial charge in [0, 0.05) is 16.5 Å². The van der Waals surface area contributed by atoms with E-state index in [2.05, 4.69) is 20.8 Å². The quantitative estimate of drug-likeness (QED) is 0.255. The molecule has 7 nitrogen and oxygen atoms in total. The number of nitrogens with zero attached hydrogens (tertiary/aromatic N) is 3. The maximum atomic E-state index is 12.5. The summed E-state index contributed by atoms with van der Waals surface area (Å²) in [5.74, 6) is 2.09. The molecule has 0 aliphatic carbocycles. The van der Waals surface area contributed by atoms with Crippen LogP contribution < -0.4 is 15.4 Å². The standard InChI is InChI=1S/C25H23Cl2N5O2S/c1-16-6-9-19(10-7-16)32-23(14-28-24(33)29-22-11-8-18(26)13-21(22)27)30-31-25(32)35-15-17-4-3-5-20(12-17)34-2/h3-13H,14-15H2,1-2H3,(H2,28,29,33). The first-order valence-corrected chi connectivity index (χ1v) is 12.4. The number of rotatable bonds is 8. The number of carbonyl (C=O) groups excluding carboxylic acids is 1. The Labute approximate surface area is 217 Å². The fraction of sp³-hybridized carbons (Fsp3) is 0.160. The summed E-state index contributed by atoms with van der Waals surface area (Å²) in [6, 6.07) is 20.4. The van der Waals surface area contributed by atoms with Crippen LogP contribution in [0.4, 0.5) is 10.5 Å². The predicted octanol–water partition coefficient (Wildman–Crippen LogP) is 6.51. The molecule has 180 valence electrons. The molecule has 1 heterocycles. The Hall–Kier alpha value is -3.20. The zero-order valence-electron chi connectivity index (χ0n) is 19.1. The second-order valence-electron chi connectivity index (χ2n) is 7.64. The number of carbonyl (C=O) groups is 1. The van der Waals surface area contributed by atoms with Crippen molar-refractivity contribution in [2.24, 2.45) is 0 Å². The van der Waals surface area contributed by atoms with E-state index in [0.29, 0.717) is 27.3 Å². The summed E-state index contributed by atoms with van der Waals surface area (Å²) in [7, 11) is 1.65. The summed E-state index contributed by atoms with van der Waals surface area (Å²) in [6.07, 6.45) is 0. The Bertz CT molecular complexity index is 1330. The van der Waals surface area contributed by atoms with Crippen molar-refractivity contribution in [2.75, 3.05) is 12.4 Å². The van der Waals surface area contributed by atoms with Gasteiger partial charge in [0.25, 0.3) is 0 Å². The van der Waals surface area contributed by atoms with E-state index in [4.69, 9.17) is 27.9 Å². The van der Waals surface area contributed by atoms with Crippen molar-refractivity contribution in [3.63, 3.8) is 0 Å². The molecule has 0 atom stereocenters. The van der Waals surface area contributed by atoms with E-state index >= 15 is 0 Å². The Balaban J connectivity index is 1.51. The number of anilines is 1. The zero-order chi connectivity index (χ0) is 24.8. The van der Waals surface area contributed by atoms with Crippen LogP contribution in [0.5, 0.6) is 5.75 Å². The summed E-state index contributed by atoms with van der Waals surface area (Å²) in [5, 5.41) is 15.9. The molecule has 0 aliphatic rings. The number of benzene rings is 3. The van der Waals surface area contributed by atoms with Crippen LogP contribution in [0.1, 0.15) is 17.0 Å². The minimum atomic E-state index is -0.418. The molecule has 3 aromatic carbocycles. The predicted molar refractivity (Wildman–Crippen MR) is 141 cm³/mol. The van der Waals surface area contributed by atoms with Crippen LogP contribution in [-0.4, -0.2) is 27.9 Å². The number of hydrogen-bond acceptors (Lipinski definition) is 5. The summed E-state index contributed by atoms with van der Waals surface area (Å²) in [6.45, 7) is 2.20. The highest BCUT2D eigenvalue weighted by atomic mass is 35.5. The van der Waals surface area contributed by atoms with Crippen LogP contribution in [0.2, 0.25) is 10.0 Å². The van der Waals surface area contributed by atoms with Crippen LogP contribution in [0.25, 0.3) is 5.69 Å². The number of urea groups is 1. The molecule has 1 aromatic heterocycles.